The molecular formula is C20H38O3. The van der Waals surface area contributed by atoms with Crippen molar-refractivity contribution in [1.29, 1.82) is 0 Å². The zero-order chi connectivity index (χ0) is 17.3. The summed E-state index contributed by atoms with van der Waals surface area (Å²) < 4.78 is 17.5. The van der Waals surface area contributed by atoms with E-state index in [0.717, 1.165) is 45.2 Å². The highest BCUT2D eigenvalue weighted by Crippen LogP contribution is 2.34. The van der Waals surface area contributed by atoms with Crippen LogP contribution in [0.4, 0.5) is 0 Å². The summed E-state index contributed by atoms with van der Waals surface area (Å²) in [7, 11) is 0. The van der Waals surface area contributed by atoms with Crippen molar-refractivity contribution in [3.63, 3.8) is 0 Å². The molecule has 0 N–H and O–H groups in total. The van der Waals surface area contributed by atoms with Gasteiger partial charge in [0.1, 0.15) is 0 Å². The van der Waals surface area contributed by atoms with Crippen LogP contribution in [-0.2, 0) is 14.2 Å². The minimum Gasteiger partial charge on any atom is -0.381 e. The monoisotopic (exact) mass is 326 g/mol. The van der Waals surface area contributed by atoms with E-state index in [4.69, 9.17) is 14.2 Å². The van der Waals surface area contributed by atoms with Crippen LogP contribution in [0.2, 0.25) is 0 Å². The average molecular weight is 327 g/mol. The van der Waals surface area contributed by atoms with Crippen LogP contribution >= 0.6 is 0 Å². The van der Waals surface area contributed by atoms with Crippen molar-refractivity contribution < 1.29 is 14.2 Å². The molecule has 1 saturated carbocycles. The zero-order valence-corrected chi connectivity index (χ0v) is 16.0. The molecule has 0 heterocycles. The molecule has 0 bridgehead atoms. The van der Waals surface area contributed by atoms with E-state index < -0.39 is 0 Å². The molecule has 0 amide bonds. The Morgan fingerprint density at radius 2 is 1.70 bits per heavy atom. The molecule has 0 radical (unpaired) electrons. The molecule has 1 fully saturated rings. The van der Waals surface area contributed by atoms with Gasteiger partial charge in [-0.25, -0.2) is 0 Å². The molecule has 136 valence electrons. The fraction of sp³-hybridized carbons (Fsp3) is 0.900. The van der Waals surface area contributed by atoms with E-state index in [1.54, 1.807) is 0 Å². The third-order valence-corrected chi connectivity index (χ3v) is 4.42. The summed E-state index contributed by atoms with van der Waals surface area (Å²) in [5, 5.41) is 0. The Balaban J connectivity index is 2.04. The maximum Gasteiger partial charge on any atom is 0.0642 e. The van der Waals surface area contributed by atoms with Crippen LogP contribution in [0.15, 0.2) is 12.2 Å². The smallest absolute Gasteiger partial charge is 0.0642 e. The quantitative estimate of drug-likeness (QED) is 0.418. The Morgan fingerprint density at radius 1 is 1.04 bits per heavy atom. The summed E-state index contributed by atoms with van der Waals surface area (Å²) in [6.45, 7) is 17.9. The average Bonchev–Trinajstić information content (AvgIpc) is 2.44. The van der Waals surface area contributed by atoms with E-state index >= 15 is 0 Å². The molecule has 3 atom stereocenters. The molecule has 0 aliphatic heterocycles. The molecule has 0 aromatic carbocycles. The van der Waals surface area contributed by atoms with Gasteiger partial charge in [0, 0.05) is 32.3 Å². The maximum atomic E-state index is 6.13. The predicted octanol–water partition coefficient (Wildman–Crippen LogP) is 5.00. The molecular weight excluding hydrogens is 288 g/mol. The SMILES string of the molecule is C=C(C)C1CCC(C)CC1OCCCOCCCOC(C)(C)C. The van der Waals surface area contributed by atoms with Crippen LogP contribution in [-0.4, -0.2) is 38.1 Å². The molecule has 0 aromatic heterocycles. The van der Waals surface area contributed by atoms with Gasteiger partial charge >= 0.3 is 0 Å². The van der Waals surface area contributed by atoms with Gasteiger partial charge in [0.05, 0.1) is 11.7 Å². The van der Waals surface area contributed by atoms with Crippen molar-refractivity contribution in [2.75, 3.05) is 26.4 Å². The van der Waals surface area contributed by atoms with Crippen molar-refractivity contribution in [3.05, 3.63) is 12.2 Å². The van der Waals surface area contributed by atoms with Gasteiger partial charge in [0.25, 0.3) is 0 Å². The Bertz CT molecular complexity index is 332. The molecule has 1 rings (SSSR count). The van der Waals surface area contributed by atoms with Crippen molar-refractivity contribution in [2.45, 2.75) is 78.4 Å². The van der Waals surface area contributed by atoms with Crippen LogP contribution in [0, 0.1) is 11.8 Å². The van der Waals surface area contributed by atoms with E-state index in [-0.39, 0.29) is 5.60 Å². The first-order chi connectivity index (χ1) is 10.8. The standard InChI is InChI=1S/C20H38O3/c1-16(2)18-10-9-17(3)15-19(18)22-13-7-11-21-12-8-14-23-20(4,5)6/h17-19H,1,7-15H2,2-6H3. The van der Waals surface area contributed by atoms with Crippen LogP contribution in [0.25, 0.3) is 0 Å². The van der Waals surface area contributed by atoms with Gasteiger partial charge in [-0.2, -0.15) is 0 Å². The fourth-order valence-corrected chi connectivity index (χ4v) is 3.11. The zero-order valence-electron chi connectivity index (χ0n) is 16.0. The van der Waals surface area contributed by atoms with Crippen molar-refractivity contribution in [3.8, 4) is 0 Å². The number of rotatable bonds is 10. The molecule has 1 aliphatic rings. The molecule has 23 heavy (non-hydrogen) atoms. The maximum absolute atomic E-state index is 6.13. The molecule has 3 unspecified atom stereocenters. The van der Waals surface area contributed by atoms with Crippen molar-refractivity contribution in [2.24, 2.45) is 11.8 Å². The molecule has 0 saturated heterocycles. The Kier molecular flexibility index (Phi) is 9.41. The van der Waals surface area contributed by atoms with E-state index in [1.807, 2.05) is 0 Å². The van der Waals surface area contributed by atoms with Gasteiger partial charge < -0.3 is 14.2 Å². The van der Waals surface area contributed by atoms with Gasteiger partial charge in [-0.05, 0) is 65.7 Å². The Hall–Kier alpha value is -0.380. The lowest BCUT2D eigenvalue weighted by atomic mass is 9.78. The predicted molar refractivity (Wildman–Crippen MR) is 96.8 cm³/mol. The van der Waals surface area contributed by atoms with Gasteiger partial charge in [0.15, 0.2) is 0 Å². The van der Waals surface area contributed by atoms with Crippen LogP contribution in [0.5, 0.6) is 0 Å². The second-order valence-electron chi connectivity index (χ2n) is 8.06. The largest absolute Gasteiger partial charge is 0.381 e. The lowest BCUT2D eigenvalue weighted by molar-refractivity contribution is -0.0269. The molecule has 0 aromatic rings. The minimum atomic E-state index is -0.0508. The minimum absolute atomic E-state index is 0.0508. The molecule has 3 heteroatoms. The topological polar surface area (TPSA) is 27.7 Å². The molecule has 3 nitrogen and oxygen atoms in total. The summed E-state index contributed by atoms with van der Waals surface area (Å²) in [4.78, 5) is 0. The van der Waals surface area contributed by atoms with Gasteiger partial charge in [-0.1, -0.05) is 19.1 Å². The Labute approximate surface area is 143 Å². The third kappa shape index (κ3) is 9.49. The summed E-state index contributed by atoms with van der Waals surface area (Å²) in [6, 6.07) is 0. The van der Waals surface area contributed by atoms with E-state index in [1.165, 1.54) is 24.8 Å². The van der Waals surface area contributed by atoms with Gasteiger partial charge in [0.2, 0.25) is 0 Å². The lowest BCUT2D eigenvalue weighted by Gasteiger charge is -2.35. The number of ether oxygens (including phenoxy) is 3. The summed E-state index contributed by atoms with van der Waals surface area (Å²) >= 11 is 0. The highest BCUT2D eigenvalue weighted by molar-refractivity contribution is 5.02. The van der Waals surface area contributed by atoms with E-state index in [2.05, 4.69) is 41.2 Å². The van der Waals surface area contributed by atoms with Crippen molar-refractivity contribution in [1.82, 2.24) is 0 Å². The fourth-order valence-electron chi connectivity index (χ4n) is 3.11. The number of hydrogen-bond acceptors (Lipinski definition) is 3. The second kappa shape index (κ2) is 10.5. The first-order valence-electron chi connectivity index (χ1n) is 9.28. The summed E-state index contributed by atoms with van der Waals surface area (Å²) in [5.74, 6) is 1.32. The van der Waals surface area contributed by atoms with E-state index in [0.29, 0.717) is 12.0 Å². The van der Waals surface area contributed by atoms with Gasteiger partial charge in [-0.3, -0.25) is 0 Å². The number of hydrogen-bond donors (Lipinski definition) is 0. The first kappa shape index (κ1) is 20.7. The second-order valence-corrected chi connectivity index (χ2v) is 8.06. The van der Waals surface area contributed by atoms with Crippen LogP contribution in [0.1, 0.15) is 66.7 Å². The highest BCUT2D eigenvalue weighted by Gasteiger charge is 2.29. The normalized spacial score (nSPS) is 25.5. The summed E-state index contributed by atoms with van der Waals surface area (Å²) in [6.07, 6.45) is 5.98. The molecule has 0 spiro atoms. The summed E-state index contributed by atoms with van der Waals surface area (Å²) in [5.41, 5.74) is 1.22. The van der Waals surface area contributed by atoms with Crippen LogP contribution < -0.4 is 0 Å². The lowest BCUT2D eigenvalue weighted by Crippen LogP contribution is -2.32. The van der Waals surface area contributed by atoms with Gasteiger partial charge in [-0.15, -0.1) is 0 Å². The Morgan fingerprint density at radius 3 is 2.30 bits per heavy atom. The van der Waals surface area contributed by atoms with E-state index in [9.17, 15) is 0 Å². The molecule has 1 aliphatic carbocycles. The third-order valence-electron chi connectivity index (χ3n) is 4.42. The van der Waals surface area contributed by atoms with Crippen molar-refractivity contribution >= 4 is 0 Å². The highest BCUT2D eigenvalue weighted by atomic mass is 16.5. The first-order valence-corrected chi connectivity index (χ1v) is 9.28. The van der Waals surface area contributed by atoms with Crippen LogP contribution in [0.3, 0.4) is 0 Å².